The maximum atomic E-state index is 3.48. The molecule has 1 N–H and O–H groups in total. The number of likely N-dealkylation sites (N-methyl/N-ethyl adjacent to an activating group) is 1. The molecule has 1 rings (SSSR count). The summed E-state index contributed by atoms with van der Waals surface area (Å²) in [6, 6.07) is 0.817. The normalized spacial score (nSPS) is 22.8. The van der Waals surface area contributed by atoms with Gasteiger partial charge in [0.2, 0.25) is 0 Å². The van der Waals surface area contributed by atoms with E-state index in [1.165, 1.54) is 45.3 Å². The Morgan fingerprint density at radius 1 is 1.40 bits per heavy atom. The lowest BCUT2D eigenvalue weighted by molar-refractivity contribution is 0.240. The van der Waals surface area contributed by atoms with Gasteiger partial charge in [-0.1, -0.05) is 20.8 Å². The fraction of sp³-hybridized carbons (Fsp3) is 1.00. The molecular formula is C13H28N2. The largest absolute Gasteiger partial charge is 0.315 e. The van der Waals surface area contributed by atoms with Gasteiger partial charge in [-0.3, -0.25) is 4.90 Å². The van der Waals surface area contributed by atoms with Gasteiger partial charge in [-0.25, -0.2) is 0 Å². The van der Waals surface area contributed by atoms with Gasteiger partial charge in [-0.2, -0.15) is 0 Å². The maximum Gasteiger partial charge on any atom is 0.0221 e. The number of hydrogen-bond donors (Lipinski definition) is 1. The Hall–Kier alpha value is -0.0800. The molecule has 0 radical (unpaired) electrons. The highest BCUT2D eigenvalue weighted by Crippen LogP contribution is 2.17. The van der Waals surface area contributed by atoms with Crippen molar-refractivity contribution in [1.82, 2.24) is 10.2 Å². The molecule has 1 fully saturated rings. The van der Waals surface area contributed by atoms with E-state index < -0.39 is 0 Å². The average molecular weight is 212 g/mol. The van der Waals surface area contributed by atoms with Crippen LogP contribution in [-0.2, 0) is 0 Å². The van der Waals surface area contributed by atoms with Crippen molar-refractivity contribution in [3.05, 3.63) is 0 Å². The molecule has 15 heavy (non-hydrogen) atoms. The summed E-state index contributed by atoms with van der Waals surface area (Å²) in [5.74, 6) is 0.861. The molecule has 0 bridgehead atoms. The molecular weight excluding hydrogens is 184 g/mol. The number of rotatable bonds is 7. The minimum absolute atomic E-state index is 0.817. The Kier molecular flexibility index (Phi) is 6.26. The van der Waals surface area contributed by atoms with Gasteiger partial charge >= 0.3 is 0 Å². The molecule has 90 valence electrons. The van der Waals surface area contributed by atoms with Crippen LogP contribution in [0, 0.1) is 5.92 Å². The minimum Gasteiger partial charge on any atom is -0.315 e. The van der Waals surface area contributed by atoms with Crippen LogP contribution in [0.3, 0.4) is 0 Å². The van der Waals surface area contributed by atoms with E-state index in [2.05, 4.69) is 31.0 Å². The summed E-state index contributed by atoms with van der Waals surface area (Å²) >= 11 is 0. The summed E-state index contributed by atoms with van der Waals surface area (Å²) in [6.07, 6.45) is 5.55. The smallest absolute Gasteiger partial charge is 0.0221 e. The van der Waals surface area contributed by atoms with Crippen LogP contribution in [0.5, 0.6) is 0 Å². The predicted octanol–water partition coefficient (Wildman–Crippen LogP) is 2.50. The van der Waals surface area contributed by atoms with Crippen LogP contribution in [0.15, 0.2) is 0 Å². The van der Waals surface area contributed by atoms with E-state index in [1.54, 1.807) is 0 Å². The third kappa shape index (κ3) is 4.98. The first-order valence-corrected chi connectivity index (χ1v) is 6.68. The number of nitrogens with one attached hydrogen (secondary N) is 1. The summed E-state index contributed by atoms with van der Waals surface area (Å²) in [5, 5.41) is 3.48. The number of likely N-dealkylation sites (tertiary alicyclic amines) is 1. The van der Waals surface area contributed by atoms with E-state index in [0.717, 1.165) is 18.5 Å². The summed E-state index contributed by atoms with van der Waals surface area (Å²) in [4.78, 5) is 2.69. The van der Waals surface area contributed by atoms with Crippen molar-refractivity contribution in [3.8, 4) is 0 Å². The van der Waals surface area contributed by atoms with E-state index in [4.69, 9.17) is 0 Å². The topological polar surface area (TPSA) is 15.3 Å². The van der Waals surface area contributed by atoms with Gasteiger partial charge < -0.3 is 5.32 Å². The molecule has 0 saturated carbocycles. The van der Waals surface area contributed by atoms with Crippen LogP contribution in [0.2, 0.25) is 0 Å². The molecule has 0 aromatic heterocycles. The zero-order valence-electron chi connectivity index (χ0n) is 10.8. The van der Waals surface area contributed by atoms with E-state index in [0.29, 0.717) is 0 Å². The molecule has 1 unspecified atom stereocenters. The Morgan fingerprint density at radius 3 is 2.87 bits per heavy atom. The van der Waals surface area contributed by atoms with Crippen molar-refractivity contribution < 1.29 is 0 Å². The van der Waals surface area contributed by atoms with Crippen LogP contribution in [0.4, 0.5) is 0 Å². The van der Waals surface area contributed by atoms with Crippen LogP contribution in [0.1, 0.15) is 46.5 Å². The molecule has 0 amide bonds. The fourth-order valence-electron chi connectivity index (χ4n) is 2.43. The number of hydrogen-bond acceptors (Lipinski definition) is 2. The van der Waals surface area contributed by atoms with E-state index in [1.807, 2.05) is 0 Å². The molecule has 2 nitrogen and oxygen atoms in total. The Labute approximate surface area is 95.4 Å². The van der Waals surface area contributed by atoms with Crippen LogP contribution >= 0.6 is 0 Å². The molecule has 0 aromatic rings. The maximum absolute atomic E-state index is 3.48. The first kappa shape index (κ1) is 13.0. The van der Waals surface area contributed by atoms with Gasteiger partial charge in [-0.05, 0) is 51.2 Å². The highest BCUT2D eigenvalue weighted by Gasteiger charge is 2.22. The van der Waals surface area contributed by atoms with Gasteiger partial charge in [0.25, 0.3) is 0 Å². The zero-order valence-corrected chi connectivity index (χ0v) is 10.8. The summed E-state index contributed by atoms with van der Waals surface area (Å²) in [6.45, 7) is 11.8. The molecule has 0 aliphatic carbocycles. The highest BCUT2D eigenvalue weighted by atomic mass is 15.2. The first-order chi connectivity index (χ1) is 7.24. The number of nitrogens with zero attached hydrogens (tertiary/aromatic N) is 1. The Balaban J connectivity index is 2.15. The second-order valence-electron chi connectivity index (χ2n) is 5.18. The second-order valence-corrected chi connectivity index (χ2v) is 5.18. The molecule has 1 aliphatic rings. The predicted molar refractivity (Wildman–Crippen MR) is 67.2 cm³/mol. The molecule has 0 spiro atoms. The van der Waals surface area contributed by atoms with Crippen LogP contribution in [-0.4, -0.2) is 37.1 Å². The van der Waals surface area contributed by atoms with E-state index in [-0.39, 0.29) is 0 Å². The van der Waals surface area contributed by atoms with Gasteiger partial charge in [0, 0.05) is 12.6 Å². The Bertz CT molecular complexity index is 157. The minimum atomic E-state index is 0.817. The van der Waals surface area contributed by atoms with Gasteiger partial charge in [0.1, 0.15) is 0 Å². The van der Waals surface area contributed by atoms with Crippen LogP contribution in [0.25, 0.3) is 0 Å². The molecule has 0 aromatic carbocycles. The van der Waals surface area contributed by atoms with Crippen molar-refractivity contribution in [2.75, 3.05) is 26.2 Å². The van der Waals surface area contributed by atoms with E-state index in [9.17, 15) is 0 Å². The Morgan fingerprint density at radius 2 is 2.20 bits per heavy atom. The van der Waals surface area contributed by atoms with Crippen molar-refractivity contribution in [2.45, 2.75) is 52.5 Å². The summed E-state index contributed by atoms with van der Waals surface area (Å²) in [7, 11) is 0. The molecule has 1 atom stereocenters. The third-order valence-corrected chi connectivity index (χ3v) is 3.36. The standard InChI is InChI=1S/C13H28N2/c1-4-14-11-13-8-6-10-15(13)9-5-7-12(2)3/h12-14H,4-11H2,1-3H3. The third-order valence-electron chi connectivity index (χ3n) is 3.36. The van der Waals surface area contributed by atoms with Crippen molar-refractivity contribution in [3.63, 3.8) is 0 Å². The average Bonchev–Trinajstić information content (AvgIpc) is 2.62. The van der Waals surface area contributed by atoms with E-state index >= 15 is 0 Å². The monoisotopic (exact) mass is 212 g/mol. The first-order valence-electron chi connectivity index (χ1n) is 6.68. The molecule has 1 aliphatic heterocycles. The quantitative estimate of drug-likeness (QED) is 0.697. The SMILES string of the molecule is CCNCC1CCCN1CCCC(C)C. The zero-order chi connectivity index (χ0) is 11.1. The van der Waals surface area contributed by atoms with Crippen molar-refractivity contribution in [1.29, 1.82) is 0 Å². The lowest BCUT2D eigenvalue weighted by atomic mass is 10.1. The summed E-state index contributed by atoms with van der Waals surface area (Å²) in [5.41, 5.74) is 0. The molecule has 2 heteroatoms. The molecule has 1 heterocycles. The van der Waals surface area contributed by atoms with Crippen molar-refractivity contribution >= 4 is 0 Å². The lowest BCUT2D eigenvalue weighted by Gasteiger charge is -2.24. The highest BCUT2D eigenvalue weighted by molar-refractivity contribution is 4.80. The van der Waals surface area contributed by atoms with Gasteiger partial charge in [-0.15, -0.1) is 0 Å². The van der Waals surface area contributed by atoms with Gasteiger partial charge in [0.05, 0.1) is 0 Å². The fourth-order valence-corrected chi connectivity index (χ4v) is 2.43. The molecule has 1 saturated heterocycles. The summed E-state index contributed by atoms with van der Waals surface area (Å²) < 4.78 is 0. The van der Waals surface area contributed by atoms with Gasteiger partial charge in [0.15, 0.2) is 0 Å². The van der Waals surface area contributed by atoms with Crippen LogP contribution < -0.4 is 5.32 Å². The lowest BCUT2D eigenvalue weighted by Crippen LogP contribution is -2.38. The van der Waals surface area contributed by atoms with Crippen molar-refractivity contribution in [2.24, 2.45) is 5.92 Å². The second kappa shape index (κ2) is 7.24.